The van der Waals surface area contributed by atoms with Crippen molar-refractivity contribution >= 4 is 44.6 Å². The topological polar surface area (TPSA) is 90.8 Å². The average Bonchev–Trinajstić information content (AvgIpc) is 2.58. The average molecular weight is 310 g/mol. The van der Waals surface area contributed by atoms with Crippen LogP contribution < -0.4 is 10.6 Å². The fraction of sp³-hybridized carbons (Fsp3) is 0.444. The second kappa shape index (κ2) is 4.37. The number of thiophene rings is 1. The molecule has 0 aromatic carbocycles. The lowest BCUT2D eigenvalue weighted by molar-refractivity contribution is 0.206. The summed E-state index contributed by atoms with van der Waals surface area (Å²) in [6.07, 6.45) is 0. The molecule has 18 heavy (non-hydrogen) atoms. The molecule has 1 aliphatic rings. The molecule has 0 fully saturated rings. The summed E-state index contributed by atoms with van der Waals surface area (Å²) in [6.45, 7) is 3.28. The van der Waals surface area contributed by atoms with E-state index in [0.717, 1.165) is 11.3 Å². The lowest BCUT2D eigenvalue weighted by Gasteiger charge is -2.27. The first kappa shape index (κ1) is 13.6. The molecule has 0 saturated heterocycles. The maximum atomic E-state index is 11.9. The van der Waals surface area contributed by atoms with Crippen LogP contribution in [0.3, 0.4) is 0 Å². The number of rotatable bonds is 2. The van der Waals surface area contributed by atoms with E-state index in [1.54, 1.807) is 13.8 Å². The van der Waals surface area contributed by atoms with Gasteiger partial charge >= 0.3 is 0 Å². The van der Waals surface area contributed by atoms with Crippen molar-refractivity contribution in [2.45, 2.75) is 23.6 Å². The van der Waals surface area contributed by atoms with Gasteiger partial charge in [-0.05, 0) is 19.9 Å². The molecule has 9 heteroatoms. The fourth-order valence-electron chi connectivity index (χ4n) is 1.35. The predicted molar refractivity (Wildman–Crippen MR) is 71.9 cm³/mol. The van der Waals surface area contributed by atoms with Gasteiger partial charge in [0.25, 0.3) is 10.0 Å². The van der Waals surface area contributed by atoms with Crippen molar-refractivity contribution < 1.29 is 13.5 Å². The Morgan fingerprint density at radius 1 is 1.61 bits per heavy atom. The Labute approximate surface area is 114 Å². The van der Waals surface area contributed by atoms with Crippen molar-refractivity contribution in [1.29, 1.82) is 0 Å². The van der Waals surface area contributed by atoms with E-state index in [1.807, 2.05) is 0 Å². The summed E-state index contributed by atoms with van der Waals surface area (Å²) >= 11 is 6.74. The van der Waals surface area contributed by atoms with Gasteiger partial charge in [0.15, 0.2) is 4.21 Å². The number of anilines is 1. The summed E-state index contributed by atoms with van der Waals surface area (Å²) in [5.41, 5.74) is -0.283. The Morgan fingerprint density at radius 2 is 2.28 bits per heavy atom. The Kier molecular flexibility index (Phi) is 3.30. The standard InChI is InChI=1S/C9H12ClN3O3S2/c1-9(2,4-14)12-8-11-5-3-6(10)17-7(5)18(15,16)13-8/h3,14H,4H2,1-2H3,(H2,11,12,13). The van der Waals surface area contributed by atoms with Crippen LogP contribution >= 0.6 is 22.9 Å². The van der Waals surface area contributed by atoms with Crippen LogP contribution in [-0.2, 0) is 10.0 Å². The van der Waals surface area contributed by atoms with Crippen molar-refractivity contribution in [3.05, 3.63) is 10.4 Å². The maximum absolute atomic E-state index is 11.9. The Bertz CT molecular complexity index is 607. The van der Waals surface area contributed by atoms with E-state index < -0.39 is 15.6 Å². The minimum Gasteiger partial charge on any atom is -0.394 e. The molecule has 1 aliphatic heterocycles. The van der Waals surface area contributed by atoms with E-state index in [9.17, 15) is 8.42 Å². The molecule has 2 rings (SSSR count). The van der Waals surface area contributed by atoms with Crippen molar-refractivity contribution in [2.75, 3.05) is 11.9 Å². The number of guanidine groups is 1. The summed E-state index contributed by atoms with van der Waals surface area (Å²) in [5, 5.41) is 14.8. The van der Waals surface area contributed by atoms with Gasteiger partial charge < -0.3 is 15.7 Å². The van der Waals surface area contributed by atoms with Gasteiger partial charge in [-0.3, -0.25) is 0 Å². The Balaban J connectivity index is 2.36. The highest BCUT2D eigenvalue weighted by Crippen LogP contribution is 2.37. The highest BCUT2D eigenvalue weighted by atomic mass is 35.5. The summed E-state index contributed by atoms with van der Waals surface area (Å²) in [7, 11) is -3.74. The third-order valence-electron chi connectivity index (χ3n) is 2.22. The van der Waals surface area contributed by atoms with Crippen molar-refractivity contribution in [3.63, 3.8) is 0 Å². The number of fused-ring (bicyclic) bond motifs is 1. The number of aliphatic hydroxyl groups is 1. The molecule has 1 aromatic rings. The van der Waals surface area contributed by atoms with Crippen LogP contribution in [0, 0.1) is 0 Å². The van der Waals surface area contributed by atoms with Crippen molar-refractivity contribution in [2.24, 2.45) is 4.40 Å². The number of nitrogens with one attached hydrogen (secondary N) is 2. The largest absolute Gasteiger partial charge is 0.394 e. The van der Waals surface area contributed by atoms with E-state index in [-0.39, 0.29) is 16.8 Å². The monoisotopic (exact) mass is 309 g/mol. The molecule has 1 aromatic heterocycles. The molecule has 0 radical (unpaired) electrons. The molecular formula is C9H12ClN3O3S2. The third kappa shape index (κ3) is 2.61. The lowest BCUT2D eigenvalue weighted by atomic mass is 10.1. The minimum atomic E-state index is -3.74. The number of hydrogen-bond acceptors (Lipinski definition) is 6. The van der Waals surface area contributed by atoms with Crippen molar-refractivity contribution in [1.82, 2.24) is 5.32 Å². The number of hydrogen-bond donors (Lipinski definition) is 3. The molecule has 100 valence electrons. The van der Waals surface area contributed by atoms with Crippen LogP contribution in [0.1, 0.15) is 13.8 Å². The second-order valence-electron chi connectivity index (χ2n) is 4.46. The zero-order valence-electron chi connectivity index (χ0n) is 9.69. The van der Waals surface area contributed by atoms with E-state index in [0.29, 0.717) is 10.0 Å². The number of aliphatic hydroxyl groups excluding tert-OH is 1. The van der Waals surface area contributed by atoms with Gasteiger partial charge in [-0.25, -0.2) is 0 Å². The Hall–Kier alpha value is -0.830. The molecule has 6 nitrogen and oxygen atoms in total. The zero-order valence-corrected chi connectivity index (χ0v) is 12.1. The van der Waals surface area contributed by atoms with Gasteiger partial charge in [-0.15, -0.1) is 15.7 Å². The van der Waals surface area contributed by atoms with Gasteiger partial charge in [0.05, 0.1) is 22.2 Å². The molecule has 0 bridgehead atoms. The molecule has 0 saturated carbocycles. The number of sulfonamides is 1. The summed E-state index contributed by atoms with van der Waals surface area (Å²) in [5.74, 6) is 0.0796. The highest BCUT2D eigenvalue weighted by molar-refractivity contribution is 7.92. The van der Waals surface area contributed by atoms with Crippen LogP contribution in [0.25, 0.3) is 0 Å². The normalized spacial score (nSPS) is 17.7. The predicted octanol–water partition coefficient (Wildman–Crippen LogP) is 1.23. The zero-order chi connectivity index (χ0) is 13.6. The summed E-state index contributed by atoms with van der Waals surface area (Å²) in [6, 6.07) is 1.53. The van der Waals surface area contributed by atoms with Gasteiger partial charge in [-0.2, -0.15) is 8.42 Å². The first-order valence-corrected chi connectivity index (χ1v) is 7.67. The van der Waals surface area contributed by atoms with Gasteiger partial charge in [0, 0.05) is 0 Å². The number of nitrogens with zero attached hydrogens (tertiary/aromatic N) is 1. The SMILES string of the molecule is CC(C)(CO)NC1=NS(=O)(=O)c2sc(Cl)cc2N1. The molecule has 0 unspecified atom stereocenters. The van der Waals surface area contributed by atoms with Crippen LogP contribution in [0.4, 0.5) is 5.69 Å². The molecule has 0 amide bonds. The van der Waals surface area contributed by atoms with Crippen molar-refractivity contribution in [3.8, 4) is 0 Å². The summed E-state index contributed by atoms with van der Waals surface area (Å²) < 4.78 is 27.9. The quantitative estimate of drug-likeness (QED) is 0.764. The van der Waals surface area contributed by atoms with Crippen LogP contribution in [0.5, 0.6) is 0 Å². The summed E-state index contributed by atoms with van der Waals surface area (Å²) in [4.78, 5) is 0. The first-order valence-electron chi connectivity index (χ1n) is 5.04. The molecule has 3 N–H and O–H groups in total. The molecule has 0 atom stereocenters. The van der Waals surface area contributed by atoms with E-state index in [4.69, 9.17) is 16.7 Å². The number of halogens is 1. The van der Waals surface area contributed by atoms with E-state index >= 15 is 0 Å². The molecule has 2 heterocycles. The van der Waals surface area contributed by atoms with E-state index in [1.165, 1.54) is 6.07 Å². The van der Waals surface area contributed by atoms with Gasteiger partial charge in [0.1, 0.15) is 0 Å². The lowest BCUT2D eigenvalue weighted by Crippen LogP contribution is -2.49. The minimum absolute atomic E-state index is 0.0796. The highest BCUT2D eigenvalue weighted by Gasteiger charge is 2.30. The van der Waals surface area contributed by atoms with Crippen LogP contribution in [-0.4, -0.2) is 31.6 Å². The third-order valence-corrected chi connectivity index (χ3v) is 5.27. The smallest absolute Gasteiger partial charge is 0.297 e. The second-order valence-corrected chi connectivity index (χ2v) is 7.94. The maximum Gasteiger partial charge on any atom is 0.297 e. The molecule has 0 aliphatic carbocycles. The van der Waals surface area contributed by atoms with Gasteiger partial charge in [0.2, 0.25) is 5.96 Å². The van der Waals surface area contributed by atoms with E-state index in [2.05, 4.69) is 15.0 Å². The van der Waals surface area contributed by atoms with Gasteiger partial charge in [-0.1, -0.05) is 11.6 Å². The Morgan fingerprint density at radius 3 is 2.89 bits per heavy atom. The first-order chi connectivity index (χ1) is 8.23. The van der Waals surface area contributed by atoms with Crippen LogP contribution in [0.2, 0.25) is 4.34 Å². The fourth-order valence-corrected chi connectivity index (χ4v) is 4.01. The molecule has 0 spiro atoms. The molecular weight excluding hydrogens is 298 g/mol. The van der Waals surface area contributed by atoms with Crippen LogP contribution in [0.15, 0.2) is 14.7 Å².